The topological polar surface area (TPSA) is 180 Å². The van der Waals surface area contributed by atoms with Crippen LogP contribution in [0.15, 0.2) is 170 Å². The molecule has 16 aromatic rings. The summed E-state index contributed by atoms with van der Waals surface area (Å²) in [5.74, 6) is -8.88. The summed E-state index contributed by atoms with van der Waals surface area (Å²) >= 11 is 0. The van der Waals surface area contributed by atoms with Crippen LogP contribution in [-0.2, 0) is 0 Å². The Kier molecular flexibility index (Phi) is 26.7. The van der Waals surface area contributed by atoms with E-state index in [1.807, 2.05) is 12.1 Å². The number of halogens is 16. The standard InChI is InChI=1S/2C29H23F5N4.2C29H25F3N4/c2*1-13-14-3-5-15(6-4-14)25(13)37-29-24(34)23(16-7-8-20(31)21(32)9-16)28(35-2)27(38-29)19-12-36-26-18(19)10-17(30)11-22(26)33;2*1-15-16-8-10-18(11-9-16)25(15)35-29-24(32)23(17-6-4-3-5-7-17)28(33-2)27(36-29)21-14-34-26-20(21)12-19(30)13-22(26)31/h2*7-15,25,36H,3-6H2,1H3,(H,37,38);2*3-7,12-16,18,25,34H,8-11H2,1H3,(H,35,36)/t2*13-,14?,15?,25+;15-,16?,18?,25+;/m101./s1. The van der Waals surface area contributed by atoms with Crippen LogP contribution in [0.3, 0.4) is 0 Å². The molecule has 8 N–H and O–H groups in total. The molecule has 0 saturated heterocycles. The summed E-state index contributed by atoms with van der Waals surface area (Å²) in [7, 11) is 0. The third kappa shape index (κ3) is 17.8. The summed E-state index contributed by atoms with van der Waals surface area (Å²) in [6, 6.07) is 31.3. The van der Waals surface area contributed by atoms with Crippen molar-refractivity contribution in [2.24, 2.45) is 71.0 Å². The van der Waals surface area contributed by atoms with Crippen molar-refractivity contribution in [3.05, 3.63) is 309 Å². The normalized spacial score (nSPS) is 22.8. The second-order valence-corrected chi connectivity index (χ2v) is 40.7. The first-order valence-corrected chi connectivity index (χ1v) is 49.8. The SMILES string of the molecule is [C-]#[N+]c1c(-c2c[nH]c3c(F)cc(F)cc23)nc(NC2C3CCC(CC3)C2C)c(F)c1-c1ccccc1.[C-]#[N+]c1c(-c2c[nH]c3c(F)cc(F)cc23)nc(N[C@@H]2C3CCC(CC3)[C@H]2C)c(F)c1-c1ccc(F)c(F)c1.[C-]#[N+]c1c(-c2c[nH]c3c(F)cc(F)cc23)nc(N[C@@H]2C3CCC(CC3)[C@H]2C)c(F)c1-c1ccccc1.[C-]#[N+]c1c(-c2c[nH]c3c(F)cc(F)cc23)nc(N[C@H]2C3CCC(CC3)[C@@H]2C)c(F)c1-c1ccc(F)c(F)c1. The molecule has 12 aliphatic rings. The summed E-state index contributed by atoms with van der Waals surface area (Å²) in [6.07, 6.45) is 23.5. The third-order valence-electron chi connectivity index (χ3n) is 33.0. The van der Waals surface area contributed by atoms with E-state index >= 15 is 17.6 Å². The van der Waals surface area contributed by atoms with Crippen LogP contribution < -0.4 is 21.3 Å². The molecule has 16 nitrogen and oxygen atoms in total. The van der Waals surface area contributed by atoms with Crippen molar-refractivity contribution < 1.29 is 70.2 Å². The Morgan fingerprint density at radius 3 is 0.676 bits per heavy atom. The number of rotatable bonds is 16. The lowest BCUT2D eigenvalue weighted by Crippen LogP contribution is -2.47. The molecule has 12 saturated carbocycles. The Bertz CT molecular complexity index is 7620. The maximum Gasteiger partial charge on any atom is 0.223 e. The molecule has 12 aliphatic carbocycles. The van der Waals surface area contributed by atoms with Crippen molar-refractivity contribution in [2.45, 2.75) is 155 Å². The highest BCUT2D eigenvalue weighted by Crippen LogP contribution is 2.57. The number of hydrogen-bond donors (Lipinski definition) is 8. The van der Waals surface area contributed by atoms with Gasteiger partial charge >= 0.3 is 0 Å². The van der Waals surface area contributed by atoms with Crippen molar-refractivity contribution in [1.29, 1.82) is 0 Å². The molecule has 148 heavy (non-hydrogen) atoms. The minimum atomic E-state index is -1.19. The van der Waals surface area contributed by atoms with E-state index in [2.05, 4.69) is 108 Å². The van der Waals surface area contributed by atoms with Crippen LogP contribution in [0.5, 0.6) is 0 Å². The van der Waals surface area contributed by atoms with Crippen molar-refractivity contribution in [1.82, 2.24) is 39.9 Å². The predicted molar refractivity (Wildman–Crippen MR) is 540 cm³/mol. The lowest BCUT2D eigenvalue weighted by atomic mass is 9.62. The fourth-order valence-corrected chi connectivity index (χ4v) is 25.4. The van der Waals surface area contributed by atoms with E-state index in [9.17, 15) is 52.7 Å². The first-order valence-electron chi connectivity index (χ1n) is 49.8. The van der Waals surface area contributed by atoms with Crippen molar-refractivity contribution in [3.63, 3.8) is 0 Å². The summed E-state index contributed by atoms with van der Waals surface area (Å²) in [4.78, 5) is 43.8. The Morgan fingerprint density at radius 1 is 0.250 bits per heavy atom. The van der Waals surface area contributed by atoms with Gasteiger partial charge in [0.05, 0.1) is 71.1 Å². The van der Waals surface area contributed by atoms with E-state index < -0.39 is 93.1 Å². The van der Waals surface area contributed by atoms with E-state index in [0.29, 0.717) is 81.4 Å². The summed E-state index contributed by atoms with van der Waals surface area (Å²) in [5, 5.41) is 14.1. The number of hydrogen-bond acceptors (Lipinski definition) is 8. The van der Waals surface area contributed by atoms with Gasteiger partial charge < -0.3 is 41.2 Å². The van der Waals surface area contributed by atoms with E-state index in [1.165, 1.54) is 74.7 Å². The zero-order valence-corrected chi connectivity index (χ0v) is 80.3. The van der Waals surface area contributed by atoms with Crippen LogP contribution in [0.4, 0.5) is 116 Å². The van der Waals surface area contributed by atoms with Gasteiger partial charge in [-0.15, -0.1) is 0 Å². The molecular formula is C116H96F16N16. The highest BCUT2D eigenvalue weighted by atomic mass is 19.2. The largest absolute Gasteiger partial charge is 0.364 e. The third-order valence-corrected chi connectivity index (χ3v) is 33.0. The Labute approximate surface area is 840 Å². The van der Waals surface area contributed by atoms with Gasteiger partial charge in [0, 0.05) is 139 Å². The number of aromatic amines is 4. The average molecular weight is 2020 g/mol. The fraction of sp³-hybridized carbons (Fsp3) is 0.310. The van der Waals surface area contributed by atoms with Crippen LogP contribution in [0, 0.1) is 190 Å². The average Bonchev–Trinajstić information content (AvgIpc) is 1.38. The van der Waals surface area contributed by atoms with Gasteiger partial charge in [-0.3, -0.25) is 0 Å². The van der Waals surface area contributed by atoms with Crippen LogP contribution in [0.1, 0.15) is 130 Å². The molecule has 32 heteroatoms. The maximum absolute atomic E-state index is 16.2. The highest BCUT2D eigenvalue weighted by molar-refractivity contribution is 6.06. The lowest BCUT2D eigenvalue weighted by molar-refractivity contribution is 0.0926. The molecule has 28 rings (SSSR count). The molecule has 0 spiro atoms. The van der Waals surface area contributed by atoms with Gasteiger partial charge in [0.1, 0.15) is 46.5 Å². The van der Waals surface area contributed by atoms with E-state index in [4.69, 9.17) is 26.3 Å². The maximum atomic E-state index is 16.2. The van der Waals surface area contributed by atoms with Crippen LogP contribution >= 0.6 is 0 Å². The Balaban J connectivity index is 0.000000116. The smallest absolute Gasteiger partial charge is 0.223 e. The first-order chi connectivity index (χ1) is 71.4. The second-order valence-electron chi connectivity index (χ2n) is 40.7. The molecule has 8 aromatic carbocycles. The molecular weight excluding hydrogens is 1920 g/mol. The number of aromatic nitrogens is 8. The number of anilines is 4. The first kappa shape index (κ1) is 98.6. The van der Waals surface area contributed by atoms with Crippen molar-refractivity contribution in [2.75, 3.05) is 21.3 Å². The van der Waals surface area contributed by atoms with Crippen molar-refractivity contribution in [3.8, 4) is 89.5 Å². The fourth-order valence-electron chi connectivity index (χ4n) is 25.4. The minimum Gasteiger partial charge on any atom is -0.364 e. The van der Waals surface area contributed by atoms with Gasteiger partial charge in [-0.25, -0.2) is 110 Å². The van der Waals surface area contributed by atoms with Gasteiger partial charge in [0.15, 0.2) is 69.8 Å². The predicted octanol–water partition coefficient (Wildman–Crippen LogP) is 33.0. The molecule has 0 radical (unpaired) electrons. The van der Waals surface area contributed by atoms with Crippen LogP contribution in [0.25, 0.3) is 153 Å². The zero-order valence-electron chi connectivity index (χ0n) is 80.3. The number of benzene rings is 8. The van der Waals surface area contributed by atoms with Crippen LogP contribution in [-0.4, -0.2) is 64.0 Å². The van der Waals surface area contributed by atoms with Gasteiger partial charge in [-0.2, -0.15) is 0 Å². The Hall–Kier alpha value is -15.4. The van der Waals surface area contributed by atoms with Gasteiger partial charge in [-0.1, -0.05) is 100 Å². The number of fused-ring (bicyclic) bond motifs is 16. The van der Waals surface area contributed by atoms with Crippen LogP contribution in [0.2, 0.25) is 0 Å². The minimum absolute atomic E-state index is 0.00514. The molecule has 12 fully saturated rings. The molecule has 2 unspecified atom stereocenters. The van der Waals surface area contributed by atoms with E-state index in [-0.39, 0.29) is 193 Å². The van der Waals surface area contributed by atoms with Gasteiger partial charge in [0.25, 0.3) is 0 Å². The van der Waals surface area contributed by atoms with Crippen molar-refractivity contribution >= 4 is 89.6 Å². The number of nitrogens with one attached hydrogen (secondary N) is 8. The number of H-pyrrole nitrogens is 4. The highest BCUT2D eigenvalue weighted by Gasteiger charge is 2.48. The summed E-state index contributed by atoms with van der Waals surface area (Å²) < 4.78 is 235. The van der Waals surface area contributed by atoms with Gasteiger partial charge in [0.2, 0.25) is 22.7 Å². The molecule has 8 bridgehead atoms. The zero-order chi connectivity index (χ0) is 103. The molecule has 8 heterocycles. The summed E-state index contributed by atoms with van der Waals surface area (Å²) in [6.45, 7) is 40.2. The van der Waals surface area contributed by atoms with E-state index in [0.717, 1.165) is 138 Å². The lowest BCUT2D eigenvalue weighted by Gasteiger charge is -2.47. The molecule has 8 atom stereocenters. The summed E-state index contributed by atoms with van der Waals surface area (Å²) in [5.41, 5.74) is 1.89. The molecule has 0 aliphatic heterocycles. The molecule has 8 aromatic heterocycles. The molecule has 0 amide bonds. The monoisotopic (exact) mass is 2020 g/mol. The van der Waals surface area contributed by atoms with Gasteiger partial charge in [-0.05, 0) is 245 Å². The number of nitrogens with zero attached hydrogens (tertiary/aromatic N) is 8. The second kappa shape index (κ2) is 40.1. The quantitative estimate of drug-likeness (QED) is 0.0348. The Morgan fingerprint density at radius 2 is 0.466 bits per heavy atom. The molecule has 752 valence electrons. The number of pyridine rings is 4. The van der Waals surface area contributed by atoms with E-state index in [1.54, 1.807) is 48.5 Å².